The Hall–Kier alpha value is -4.87. The van der Waals surface area contributed by atoms with E-state index in [0.29, 0.717) is 60.2 Å². The second kappa shape index (κ2) is 12.2. The van der Waals surface area contributed by atoms with Gasteiger partial charge in [-0.15, -0.1) is 0 Å². The number of aliphatic hydroxyl groups is 1. The summed E-state index contributed by atoms with van der Waals surface area (Å²) in [5, 5.41) is 20.7. The maximum atomic E-state index is 13.0. The number of ether oxygens (including phenoxy) is 1. The minimum Gasteiger partial charge on any atom is -0.386 e. The molecule has 2 amide bonds. The Morgan fingerprint density at radius 2 is 1.67 bits per heavy atom. The molecule has 1 saturated heterocycles. The number of rotatable bonds is 7. The Balaban J connectivity index is 1.35. The van der Waals surface area contributed by atoms with E-state index in [1.165, 1.54) is 10.9 Å². The number of morpholine rings is 1. The van der Waals surface area contributed by atoms with Gasteiger partial charge in [0, 0.05) is 43.1 Å². The van der Waals surface area contributed by atoms with Gasteiger partial charge in [-0.1, -0.05) is 24.3 Å². The topological polar surface area (TPSA) is 139 Å². The normalized spacial score (nSPS) is 13.5. The first-order chi connectivity index (χ1) is 20.5. The number of carbonyl (C=O) groups excluding carboxylic acids is 2. The van der Waals surface area contributed by atoms with Gasteiger partial charge in [0.25, 0.3) is 17.4 Å². The van der Waals surface area contributed by atoms with E-state index in [0.717, 1.165) is 11.1 Å². The molecule has 0 saturated carbocycles. The molecule has 222 valence electrons. The van der Waals surface area contributed by atoms with Gasteiger partial charge in [0.05, 0.1) is 30.1 Å². The van der Waals surface area contributed by atoms with E-state index in [1.54, 1.807) is 80.4 Å². The molecule has 0 radical (unpaired) electrons. The highest BCUT2D eigenvalue weighted by molar-refractivity contribution is 6.05. The maximum absolute atomic E-state index is 13.0. The average Bonchev–Trinajstić information content (AvgIpc) is 3.00. The van der Waals surface area contributed by atoms with Crippen molar-refractivity contribution in [2.75, 3.05) is 36.9 Å². The molecule has 0 aliphatic carbocycles. The van der Waals surface area contributed by atoms with Crippen molar-refractivity contribution in [1.82, 2.24) is 19.7 Å². The zero-order chi connectivity index (χ0) is 30.7. The number of benzene rings is 2. The molecule has 3 N–H and O–H groups in total. The minimum atomic E-state index is -1.00. The molecule has 5 rings (SSSR count). The monoisotopic (exact) mass is 582 g/mol. The Labute approximate surface area is 249 Å². The van der Waals surface area contributed by atoms with Crippen molar-refractivity contribution < 1.29 is 19.4 Å². The summed E-state index contributed by atoms with van der Waals surface area (Å²) < 4.78 is 6.55. The first-order valence-corrected chi connectivity index (χ1v) is 13.9. The van der Waals surface area contributed by atoms with Crippen LogP contribution >= 0.6 is 0 Å². The summed E-state index contributed by atoms with van der Waals surface area (Å²) in [6.45, 7) is 7.34. The van der Waals surface area contributed by atoms with Crippen LogP contribution in [0, 0.1) is 6.92 Å². The van der Waals surface area contributed by atoms with Crippen LogP contribution in [0.4, 0.5) is 17.2 Å². The Kier molecular flexibility index (Phi) is 8.38. The van der Waals surface area contributed by atoms with Crippen LogP contribution in [0.2, 0.25) is 0 Å². The number of nitrogens with one attached hydrogen (secondary N) is 2. The number of pyridine rings is 1. The highest BCUT2D eigenvalue weighted by atomic mass is 16.5. The van der Waals surface area contributed by atoms with Gasteiger partial charge < -0.3 is 25.4 Å². The highest BCUT2D eigenvalue weighted by Gasteiger charge is 2.20. The average molecular weight is 583 g/mol. The summed E-state index contributed by atoms with van der Waals surface area (Å²) in [7, 11) is 1.56. The van der Waals surface area contributed by atoms with Crippen molar-refractivity contribution in [2.45, 2.75) is 26.4 Å². The van der Waals surface area contributed by atoms with E-state index in [-0.39, 0.29) is 23.1 Å². The molecule has 3 heterocycles. The number of aromatic nitrogens is 3. The largest absolute Gasteiger partial charge is 0.386 e. The molecule has 1 aliphatic heterocycles. The number of hydrogen-bond donors (Lipinski definition) is 3. The third-order valence-electron chi connectivity index (χ3n) is 7.35. The fourth-order valence-corrected chi connectivity index (χ4v) is 4.78. The smallest absolute Gasteiger partial charge is 0.290 e. The minimum absolute atomic E-state index is 0.113. The molecule has 0 spiro atoms. The van der Waals surface area contributed by atoms with Crippen LogP contribution in [0.5, 0.6) is 0 Å². The zero-order valence-electron chi connectivity index (χ0n) is 24.5. The van der Waals surface area contributed by atoms with Gasteiger partial charge in [-0.25, -0.2) is 9.67 Å². The molecule has 1 aliphatic rings. The lowest BCUT2D eigenvalue weighted by Crippen LogP contribution is -2.40. The number of nitrogens with zero attached hydrogens (tertiary/aromatic N) is 4. The van der Waals surface area contributed by atoms with Crippen LogP contribution in [-0.4, -0.2) is 62.9 Å². The molecule has 2 aromatic carbocycles. The number of aryl methyl sites for hydroxylation is 1. The van der Waals surface area contributed by atoms with Crippen molar-refractivity contribution in [1.29, 1.82) is 0 Å². The van der Waals surface area contributed by atoms with Gasteiger partial charge in [0.15, 0.2) is 0 Å². The quantitative estimate of drug-likeness (QED) is 0.299. The summed E-state index contributed by atoms with van der Waals surface area (Å²) in [6, 6.07) is 17.2. The molecular formula is C32H34N6O5. The Bertz CT molecular complexity index is 1700. The molecule has 11 nitrogen and oxygen atoms in total. The maximum Gasteiger partial charge on any atom is 0.290 e. The standard InChI is InChI=1S/C32H34N6O5/c1-20-24(6-5-7-25(20)35-29(39)21-8-11-23(12-9-21)32(2,3)42)26-18-27(31(41)37(4)36-26)34-28-13-10-22(19-33-28)30(40)38-14-16-43-17-15-38/h5-13,18-19,42H,14-17H2,1-4H3,(H,33,34)(H,35,39). The van der Waals surface area contributed by atoms with Crippen molar-refractivity contribution in [3.8, 4) is 11.3 Å². The van der Waals surface area contributed by atoms with Crippen LogP contribution in [0.15, 0.2) is 71.7 Å². The molecule has 43 heavy (non-hydrogen) atoms. The van der Waals surface area contributed by atoms with E-state index in [4.69, 9.17) is 4.74 Å². The molecule has 4 aromatic rings. The van der Waals surface area contributed by atoms with Crippen LogP contribution in [-0.2, 0) is 17.4 Å². The highest BCUT2D eigenvalue weighted by Crippen LogP contribution is 2.29. The first-order valence-electron chi connectivity index (χ1n) is 13.9. The van der Waals surface area contributed by atoms with Gasteiger partial charge in [0.1, 0.15) is 11.5 Å². The third kappa shape index (κ3) is 6.63. The second-order valence-electron chi connectivity index (χ2n) is 10.9. The number of hydrogen-bond acceptors (Lipinski definition) is 8. The fourth-order valence-electron chi connectivity index (χ4n) is 4.78. The summed E-state index contributed by atoms with van der Waals surface area (Å²) in [5.74, 6) is -0.000839. The summed E-state index contributed by atoms with van der Waals surface area (Å²) in [6.07, 6.45) is 1.49. The molecule has 0 unspecified atom stereocenters. The van der Waals surface area contributed by atoms with Crippen LogP contribution in [0.25, 0.3) is 11.3 Å². The molecular weight excluding hydrogens is 548 g/mol. The molecule has 1 fully saturated rings. The van der Waals surface area contributed by atoms with E-state index < -0.39 is 5.60 Å². The van der Waals surface area contributed by atoms with Gasteiger partial charge in [-0.05, 0) is 68.3 Å². The van der Waals surface area contributed by atoms with Gasteiger partial charge in [0.2, 0.25) is 0 Å². The van der Waals surface area contributed by atoms with E-state index >= 15 is 0 Å². The molecule has 0 atom stereocenters. The van der Waals surface area contributed by atoms with E-state index in [1.807, 2.05) is 13.0 Å². The molecule has 11 heteroatoms. The lowest BCUT2D eigenvalue weighted by atomic mass is 9.97. The van der Waals surface area contributed by atoms with Crippen molar-refractivity contribution in [3.05, 3.63) is 99.5 Å². The van der Waals surface area contributed by atoms with E-state index in [2.05, 4.69) is 20.7 Å². The number of carbonyl (C=O) groups is 2. The predicted octanol–water partition coefficient (Wildman–Crippen LogP) is 3.85. The lowest BCUT2D eigenvalue weighted by Gasteiger charge is -2.26. The summed E-state index contributed by atoms with van der Waals surface area (Å²) >= 11 is 0. The van der Waals surface area contributed by atoms with E-state index in [9.17, 15) is 19.5 Å². The lowest BCUT2D eigenvalue weighted by molar-refractivity contribution is 0.0302. The fraction of sp³-hybridized carbons (Fsp3) is 0.281. The second-order valence-corrected chi connectivity index (χ2v) is 10.9. The predicted molar refractivity (Wildman–Crippen MR) is 164 cm³/mol. The molecule has 2 aromatic heterocycles. The summed E-state index contributed by atoms with van der Waals surface area (Å²) in [5.41, 5.74) is 3.14. The Morgan fingerprint density at radius 3 is 2.33 bits per heavy atom. The van der Waals surface area contributed by atoms with Crippen LogP contribution in [0.3, 0.4) is 0 Å². The summed E-state index contributed by atoms with van der Waals surface area (Å²) in [4.78, 5) is 44.8. The van der Waals surface area contributed by atoms with Gasteiger partial charge in [-0.3, -0.25) is 14.4 Å². The van der Waals surface area contributed by atoms with Crippen molar-refractivity contribution in [3.63, 3.8) is 0 Å². The SMILES string of the molecule is Cc1c(NC(=O)c2ccc(C(C)(C)O)cc2)cccc1-c1cc(Nc2ccc(C(=O)N3CCOCC3)cn2)c(=O)n(C)n1. The van der Waals surface area contributed by atoms with Crippen molar-refractivity contribution >= 4 is 29.0 Å². The molecule has 0 bridgehead atoms. The number of anilines is 3. The first kappa shape index (κ1) is 29.6. The van der Waals surface area contributed by atoms with Crippen LogP contribution < -0.4 is 16.2 Å². The van der Waals surface area contributed by atoms with Gasteiger partial charge >= 0.3 is 0 Å². The van der Waals surface area contributed by atoms with Crippen molar-refractivity contribution in [2.24, 2.45) is 7.05 Å². The third-order valence-corrected chi connectivity index (χ3v) is 7.35. The zero-order valence-corrected chi connectivity index (χ0v) is 24.5. The van der Waals surface area contributed by atoms with Crippen LogP contribution in [0.1, 0.15) is 45.7 Å². The van der Waals surface area contributed by atoms with Gasteiger partial charge in [-0.2, -0.15) is 5.10 Å². The Morgan fingerprint density at radius 1 is 0.977 bits per heavy atom. The number of amides is 2.